The van der Waals surface area contributed by atoms with Crippen molar-refractivity contribution in [2.75, 3.05) is 0 Å². The maximum Gasteiger partial charge on any atom is 0.280 e. The van der Waals surface area contributed by atoms with Gasteiger partial charge in [0.2, 0.25) is 5.13 Å². The number of nitrogens with zero attached hydrogens (tertiary/aromatic N) is 3. The maximum atomic E-state index is 12.8. The molecule has 0 radical (unpaired) electrons. The summed E-state index contributed by atoms with van der Waals surface area (Å²) in [5, 5.41) is 4.34. The lowest BCUT2D eigenvalue weighted by Gasteiger charge is -2.00. The molecule has 0 amide bonds. The fraction of sp³-hybridized carbons (Fsp3) is 0.150. The molecule has 136 valence electrons. The second kappa shape index (κ2) is 6.79. The first-order chi connectivity index (χ1) is 12.9. The van der Waals surface area contributed by atoms with Crippen molar-refractivity contribution in [3.8, 4) is 5.69 Å². The molecule has 2 aromatic heterocycles. The summed E-state index contributed by atoms with van der Waals surface area (Å²) < 4.78 is 2.62. The monoisotopic (exact) mass is 396 g/mol. The van der Waals surface area contributed by atoms with Gasteiger partial charge in [-0.25, -0.2) is 14.7 Å². The van der Waals surface area contributed by atoms with Crippen LogP contribution in [-0.2, 0) is 0 Å². The highest BCUT2D eigenvalue weighted by molar-refractivity contribution is 7.22. The molecule has 0 atom stereocenters. The molecule has 4 rings (SSSR count). The van der Waals surface area contributed by atoms with E-state index in [1.165, 1.54) is 27.1 Å². The number of thiazole rings is 1. The summed E-state index contributed by atoms with van der Waals surface area (Å²) in [6.45, 7) is 6.02. The van der Waals surface area contributed by atoms with Gasteiger partial charge in [0.1, 0.15) is 0 Å². The summed E-state index contributed by atoms with van der Waals surface area (Å²) in [5.41, 5.74) is 5.19. The molecule has 2 aromatic carbocycles. The molecule has 0 bridgehead atoms. The largest absolute Gasteiger partial charge is 0.295 e. The molecule has 2 heterocycles. The fourth-order valence-electron chi connectivity index (χ4n) is 2.87. The third kappa shape index (κ3) is 3.22. The van der Waals surface area contributed by atoms with Crippen LogP contribution in [-0.4, -0.2) is 21.0 Å². The van der Waals surface area contributed by atoms with Gasteiger partial charge in [-0.05, 0) is 62.2 Å². The average molecular weight is 397 g/mol. The van der Waals surface area contributed by atoms with Crippen LogP contribution in [0.4, 0.5) is 5.13 Å². The van der Waals surface area contributed by atoms with Crippen molar-refractivity contribution in [1.29, 1.82) is 0 Å². The second-order valence-electron chi connectivity index (χ2n) is 6.38. The first kappa shape index (κ1) is 17.7. The predicted octanol–water partition coefficient (Wildman–Crippen LogP) is 5.10. The number of hydrogen-bond donors (Lipinski definition) is 1. The van der Waals surface area contributed by atoms with Crippen LogP contribution in [0, 0.1) is 20.8 Å². The van der Waals surface area contributed by atoms with Gasteiger partial charge in [0.05, 0.1) is 21.5 Å². The van der Waals surface area contributed by atoms with E-state index >= 15 is 0 Å². The van der Waals surface area contributed by atoms with Gasteiger partial charge in [0.25, 0.3) is 5.56 Å². The van der Waals surface area contributed by atoms with Gasteiger partial charge in [0.15, 0.2) is 0 Å². The number of aromatic amines is 1. The van der Waals surface area contributed by atoms with Crippen LogP contribution in [0.1, 0.15) is 22.4 Å². The Kier molecular flexibility index (Phi) is 4.45. The standard InChI is InChI=1S/C20H17ClN4OS/c1-11-4-9-17-18(12(11)2)27-20(23-17)22-10-16-13(3)24-25(19(16)26)15-7-5-14(21)6-8-15/h4-10,24H,1-3H3. The molecule has 0 fully saturated rings. The molecule has 7 heteroatoms. The van der Waals surface area contributed by atoms with Crippen LogP contribution in [0.5, 0.6) is 0 Å². The van der Waals surface area contributed by atoms with Crippen LogP contribution in [0.15, 0.2) is 46.2 Å². The van der Waals surface area contributed by atoms with E-state index in [9.17, 15) is 4.79 Å². The lowest BCUT2D eigenvalue weighted by atomic mass is 10.1. The molecule has 0 spiro atoms. The number of aromatic nitrogens is 3. The zero-order valence-electron chi connectivity index (χ0n) is 15.1. The van der Waals surface area contributed by atoms with E-state index in [0.29, 0.717) is 15.7 Å². The molecule has 5 nitrogen and oxygen atoms in total. The minimum atomic E-state index is -0.160. The number of fused-ring (bicyclic) bond motifs is 1. The van der Waals surface area contributed by atoms with Crippen molar-refractivity contribution in [3.05, 3.63) is 74.2 Å². The number of halogens is 1. The molecule has 27 heavy (non-hydrogen) atoms. The zero-order chi connectivity index (χ0) is 19.1. The van der Waals surface area contributed by atoms with Crippen LogP contribution >= 0.6 is 22.9 Å². The molecule has 0 aliphatic carbocycles. The normalized spacial score (nSPS) is 11.7. The Morgan fingerprint density at radius 1 is 1.15 bits per heavy atom. The molecule has 0 unspecified atom stereocenters. The summed E-state index contributed by atoms with van der Waals surface area (Å²) in [7, 11) is 0. The van der Waals surface area contributed by atoms with Crippen molar-refractivity contribution < 1.29 is 0 Å². The summed E-state index contributed by atoms with van der Waals surface area (Å²) >= 11 is 7.45. The smallest absolute Gasteiger partial charge is 0.280 e. The third-order valence-corrected chi connectivity index (χ3v) is 5.92. The van der Waals surface area contributed by atoms with Crippen molar-refractivity contribution in [1.82, 2.24) is 14.8 Å². The predicted molar refractivity (Wildman–Crippen MR) is 112 cm³/mol. The molecule has 0 aliphatic heterocycles. The van der Waals surface area contributed by atoms with Gasteiger partial charge in [-0.2, -0.15) is 0 Å². The summed E-state index contributed by atoms with van der Waals surface area (Å²) in [6, 6.07) is 11.1. The van der Waals surface area contributed by atoms with Crippen molar-refractivity contribution in [3.63, 3.8) is 0 Å². The number of nitrogens with one attached hydrogen (secondary N) is 1. The molecule has 4 aromatic rings. The first-order valence-electron chi connectivity index (χ1n) is 8.42. The fourth-order valence-corrected chi connectivity index (χ4v) is 3.96. The number of aryl methyl sites for hydroxylation is 3. The van der Waals surface area contributed by atoms with E-state index in [1.54, 1.807) is 30.5 Å². The van der Waals surface area contributed by atoms with E-state index in [-0.39, 0.29) is 5.56 Å². The van der Waals surface area contributed by atoms with Gasteiger partial charge in [-0.1, -0.05) is 29.0 Å². The third-order valence-electron chi connectivity index (χ3n) is 4.57. The molecule has 0 saturated carbocycles. The highest BCUT2D eigenvalue weighted by Gasteiger charge is 2.12. The second-order valence-corrected chi connectivity index (χ2v) is 7.79. The quantitative estimate of drug-likeness (QED) is 0.489. The van der Waals surface area contributed by atoms with Crippen LogP contribution in [0.2, 0.25) is 5.02 Å². The number of rotatable bonds is 3. The minimum absolute atomic E-state index is 0.160. The average Bonchev–Trinajstić information content (AvgIpc) is 3.19. The van der Waals surface area contributed by atoms with Crippen LogP contribution < -0.4 is 5.56 Å². The summed E-state index contributed by atoms with van der Waals surface area (Å²) in [4.78, 5) is 21.8. The first-order valence-corrected chi connectivity index (χ1v) is 9.62. The highest BCUT2D eigenvalue weighted by Crippen LogP contribution is 2.31. The lowest BCUT2D eigenvalue weighted by Crippen LogP contribution is -2.17. The van der Waals surface area contributed by atoms with Gasteiger partial charge >= 0.3 is 0 Å². The number of hydrogen-bond acceptors (Lipinski definition) is 4. The Hall–Kier alpha value is -2.70. The lowest BCUT2D eigenvalue weighted by molar-refractivity contribution is 0.835. The Balaban J connectivity index is 1.72. The highest BCUT2D eigenvalue weighted by atomic mass is 35.5. The Bertz CT molecular complexity index is 1230. The van der Waals surface area contributed by atoms with Crippen molar-refractivity contribution in [2.24, 2.45) is 4.99 Å². The van der Waals surface area contributed by atoms with Crippen LogP contribution in [0.25, 0.3) is 15.9 Å². The molecule has 1 N–H and O–H groups in total. The summed E-state index contributed by atoms with van der Waals surface area (Å²) in [6.07, 6.45) is 1.58. The van der Waals surface area contributed by atoms with Gasteiger partial charge in [-0.15, -0.1) is 0 Å². The number of H-pyrrole nitrogens is 1. The topological polar surface area (TPSA) is 63.0 Å². The molecular formula is C20H17ClN4OS. The van der Waals surface area contributed by atoms with E-state index < -0.39 is 0 Å². The Labute approximate surface area is 165 Å². The van der Waals surface area contributed by atoms with Gasteiger partial charge < -0.3 is 0 Å². The van der Waals surface area contributed by atoms with E-state index in [4.69, 9.17) is 11.6 Å². The maximum absolute atomic E-state index is 12.8. The molecule has 0 saturated heterocycles. The van der Waals surface area contributed by atoms with E-state index in [0.717, 1.165) is 21.6 Å². The summed E-state index contributed by atoms with van der Waals surface area (Å²) in [5.74, 6) is 0. The van der Waals surface area contributed by atoms with Crippen LogP contribution in [0.3, 0.4) is 0 Å². The SMILES string of the molecule is Cc1ccc2nc(N=Cc3c(C)[nH]n(-c4ccc(Cl)cc4)c3=O)sc2c1C. The number of benzene rings is 2. The molecular weight excluding hydrogens is 380 g/mol. The molecule has 0 aliphatic rings. The van der Waals surface area contributed by atoms with Crippen molar-refractivity contribution >= 4 is 44.5 Å². The van der Waals surface area contributed by atoms with E-state index in [1.807, 2.05) is 13.0 Å². The Morgan fingerprint density at radius 2 is 1.89 bits per heavy atom. The van der Waals surface area contributed by atoms with Crippen molar-refractivity contribution in [2.45, 2.75) is 20.8 Å². The van der Waals surface area contributed by atoms with Gasteiger partial charge in [0, 0.05) is 16.9 Å². The van der Waals surface area contributed by atoms with Gasteiger partial charge in [-0.3, -0.25) is 9.89 Å². The minimum Gasteiger partial charge on any atom is -0.295 e. The zero-order valence-corrected chi connectivity index (χ0v) is 16.6. The Morgan fingerprint density at radius 3 is 2.63 bits per heavy atom. The van der Waals surface area contributed by atoms with E-state index in [2.05, 4.69) is 35.0 Å². The number of aliphatic imine (C=N–C) groups is 1.